The minimum Gasteiger partial charge on any atom is -0.476 e. The van der Waals surface area contributed by atoms with Gasteiger partial charge < -0.3 is 9.84 Å². The Morgan fingerprint density at radius 3 is 2.44 bits per heavy atom. The van der Waals surface area contributed by atoms with Gasteiger partial charge in [-0.2, -0.15) is 0 Å². The lowest BCUT2D eigenvalue weighted by atomic mass is 10.3. The van der Waals surface area contributed by atoms with E-state index < -0.39 is 5.97 Å². The number of rotatable bonds is 4. The van der Waals surface area contributed by atoms with E-state index in [1.807, 2.05) is 30.5 Å². The van der Waals surface area contributed by atoms with E-state index in [9.17, 15) is 4.79 Å². The zero-order chi connectivity index (χ0) is 13.0. The summed E-state index contributed by atoms with van der Waals surface area (Å²) in [5.74, 6) is -0.222. The Morgan fingerprint density at radius 2 is 1.94 bits per heavy atom. The number of nitrogens with zero attached hydrogens (tertiary/aromatic N) is 2. The first-order chi connectivity index (χ1) is 8.69. The number of ether oxygens (including phenoxy) is 1. The highest BCUT2D eigenvalue weighted by Crippen LogP contribution is 2.22. The van der Waals surface area contributed by atoms with Gasteiger partial charge in [0, 0.05) is 4.90 Å². The Kier molecular flexibility index (Phi) is 3.78. The maximum absolute atomic E-state index is 10.6. The lowest BCUT2D eigenvalue weighted by molar-refractivity contribution is 0.0690. The van der Waals surface area contributed by atoms with Crippen LogP contribution in [0.25, 0.3) is 0 Å². The van der Waals surface area contributed by atoms with Crippen LogP contribution in [0.4, 0.5) is 0 Å². The van der Waals surface area contributed by atoms with Crippen LogP contribution in [0.3, 0.4) is 0 Å². The molecule has 1 aromatic carbocycles. The van der Waals surface area contributed by atoms with Crippen molar-refractivity contribution < 1.29 is 14.6 Å². The van der Waals surface area contributed by atoms with Crippen LogP contribution >= 0.6 is 11.8 Å². The van der Waals surface area contributed by atoms with E-state index in [0.717, 1.165) is 11.1 Å². The molecule has 2 aromatic rings. The van der Waals surface area contributed by atoms with Gasteiger partial charge in [0.25, 0.3) is 0 Å². The number of carboxylic acids is 1. The molecule has 6 heteroatoms. The summed E-state index contributed by atoms with van der Waals surface area (Å²) in [6.45, 7) is 0. The van der Waals surface area contributed by atoms with Crippen LogP contribution in [0.15, 0.2) is 41.6 Å². The number of aromatic nitrogens is 2. The van der Waals surface area contributed by atoms with E-state index in [0.29, 0.717) is 5.75 Å². The van der Waals surface area contributed by atoms with Gasteiger partial charge in [-0.1, -0.05) is 0 Å². The highest BCUT2D eigenvalue weighted by Gasteiger charge is 2.05. The molecule has 0 spiro atoms. The summed E-state index contributed by atoms with van der Waals surface area (Å²) in [6, 6.07) is 7.50. The largest absolute Gasteiger partial charge is 0.476 e. The summed E-state index contributed by atoms with van der Waals surface area (Å²) in [7, 11) is 0. The average molecular weight is 262 g/mol. The van der Waals surface area contributed by atoms with Gasteiger partial charge >= 0.3 is 5.97 Å². The maximum atomic E-state index is 10.6. The molecule has 2 rings (SSSR count). The van der Waals surface area contributed by atoms with Gasteiger partial charge in [0.1, 0.15) is 5.75 Å². The van der Waals surface area contributed by atoms with Crippen LogP contribution in [0.1, 0.15) is 10.5 Å². The number of hydrogen-bond donors (Lipinski definition) is 1. The molecule has 1 heterocycles. The van der Waals surface area contributed by atoms with E-state index in [-0.39, 0.29) is 11.6 Å². The first kappa shape index (κ1) is 12.4. The van der Waals surface area contributed by atoms with Gasteiger partial charge in [0.15, 0.2) is 5.69 Å². The molecule has 0 amide bonds. The Hall–Kier alpha value is -2.08. The molecule has 0 saturated heterocycles. The number of aromatic carboxylic acids is 1. The fraction of sp³-hybridized carbons (Fsp3) is 0.0833. The number of carbonyl (C=O) groups is 1. The molecule has 92 valence electrons. The summed E-state index contributed by atoms with van der Waals surface area (Å²) < 4.78 is 5.44. The Labute approximate surface area is 108 Å². The van der Waals surface area contributed by atoms with Crippen LogP contribution < -0.4 is 4.74 Å². The third kappa shape index (κ3) is 2.98. The molecule has 5 nitrogen and oxygen atoms in total. The molecule has 0 radical (unpaired) electrons. The van der Waals surface area contributed by atoms with Crippen LogP contribution in [0.2, 0.25) is 0 Å². The zero-order valence-corrected chi connectivity index (χ0v) is 10.3. The first-order valence-electron chi connectivity index (χ1n) is 5.06. The third-order valence-corrected chi connectivity index (χ3v) is 2.87. The Balaban J connectivity index is 2.10. The van der Waals surface area contributed by atoms with Gasteiger partial charge in [0.05, 0.1) is 12.4 Å². The van der Waals surface area contributed by atoms with E-state index in [1.54, 1.807) is 11.8 Å². The average Bonchev–Trinajstić information content (AvgIpc) is 2.40. The van der Waals surface area contributed by atoms with E-state index in [1.165, 1.54) is 6.20 Å². The summed E-state index contributed by atoms with van der Waals surface area (Å²) in [6.07, 6.45) is 4.44. The van der Waals surface area contributed by atoms with Crippen molar-refractivity contribution in [2.75, 3.05) is 6.26 Å². The van der Waals surface area contributed by atoms with Crippen molar-refractivity contribution >= 4 is 17.7 Å². The predicted molar refractivity (Wildman–Crippen MR) is 67.3 cm³/mol. The number of benzene rings is 1. The summed E-state index contributed by atoms with van der Waals surface area (Å²) in [4.78, 5) is 19.3. The fourth-order valence-electron chi connectivity index (χ4n) is 1.24. The molecule has 0 bridgehead atoms. The molecule has 0 fully saturated rings. The molecule has 1 aromatic heterocycles. The molecule has 0 aliphatic carbocycles. The van der Waals surface area contributed by atoms with Crippen molar-refractivity contribution in [3.8, 4) is 11.6 Å². The highest BCUT2D eigenvalue weighted by atomic mass is 32.2. The molecule has 0 saturated carbocycles. The van der Waals surface area contributed by atoms with Crippen molar-refractivity contribution in [2.24, 2.45) is 0 Å². The summed E-state index contributed by atoms with van der Waals surface area (Å²) >= 11 is 1.64. The molecular formula is C12H10N2O3S. The maximum Gasteiger partial charge on any atom is 0.356 e. The molecule has 18 heavy (non-hydrogen) atoms. The standard InChI is InChI=1S/C12H10N2O3S/c1-18-9-4-2-8(3-5-9)17-11-7-13-10(6-14-11)12(15)16/h2-7H,1H3,(H,15,16). The summed E-state index contributed by atoms with van der Waals surface area (Å²) in [5.41, 5.74) is -0.111. The van der Waals surface area contributed by atoms with E-state index >= 15 is 0 Å². The van der Waals surface area contributed by atoms with Gasteiger partial charge in [-0.25, -0.2) is 14.8 Å². The molecular weight excluding hydrogens is 252 g/mol. The second-order valence-corrected chi connectivity index (χ2v) is 4.20. The second-order valence-electron chi connectivity index (χ2n) is 3.32. The third-order valence-electron chi connectivity index (χ3n) is 2.13. The van der Waals surface area contributed by atoms with Crippen LogP contribution in [0.5, 0.6) is 11.6 Å². The van der Waals surface area contributed by atoms with Crippen molar-refractivity contribution in [1.82, 2.24) is 9.97 Å². The van der Waals surface area contributed by atoms with Crippen LogP contribution in [-0.4, -0.2) is 27.3 Å². The lowest BCUT2D eigenvalue weighted by Gasteiger charge is -2.04. The normalized spacial score (nSPS) is 10.1. The SMILES string of the molecule is CSc1ccc(Oc2cnc(C(=O)O)cn2)cc1. The monoisotopic (exact) mass is 262 g/mol. The zero-order valence-electron chi connectivity index (χ0n) is 9.53. The number of thioether (sulfide) groups is 1. The Morgan fingerprint density at radius 1 is 1.22 bits per heavy atom. The number of carboxylic acid groups (broad SMARTS) is 1. The molecule has 0 atom stereocenters. The van der Waals surface area contributed by atoms with Gasteiger partial charge in [-0.3, -0.25) is 0 Å². The van der Waals surface area contributed by atoms with Crippen molar-refractivity contribution in [3.63, 3.8) is 0 Å². The molecule has 0 unspecified atom stereocenters. The van der Waals surface area contributed by atoms with Crippen molar-refractivity contribution in [1.29, 1.82) is 0 Å². The minimum absolute atomic E-state index is 0.111. The van der Waals surface area contributed by atoms with Crippen molar-refractivity contribution in [2.45, 2.75) is 4.90 Å². The van der Waals surface area contributed by atoms with Gasteiger partial charge in [0.2, 0.25) is 5.88 Å². The van der Waals surface area contributed by atoms with Gasteiger partial charge in [-0.15, -0.1) is 11.8 Å². The highest BCUT2D eigenvalue weighted by molar-refractivity contribution is 7.98. The predicted octanol–water partition coefficient (Wildman–Crippen LogP) is 2.69. The number of hydrogen-bond acceptors (Lipinski definition) is 5. The van der Waals surface area contributed by atoms with E-state index in [4.69, 9.17) is 9.84 Å². The Bertz CT molecular complexity index is 540. The lowest BCUT2D eigenvalue weighted by Crippen LogP contribution is -2.01. The molecule has 0 aliphatic rings. The molecule has 1 N–H and O–H groups in total. The summed E-state index contributed by atoms with van der Waals surface area (Å²) in [5, 5.41) is 8.68. The molecule has 0 aliphatic heterocycles. The quantitative estimate of drug-likeness (QED) is 0.854. The van der Waals surface area contributed by atoms with Crippen LogP contribution in [-0.2, 0) is 0 Å². The fourth-order valence-corrected chi connectivity index (χ4v) is 1.65. The van der Waals surface area contributed by atoms with Crippen LogP contribution in [0, 0.1) is 0 Å². The van der Waals surface area contributed by atoms with Crippen molar-refractivity contribution in [3.05, 3.63) is 42.4 Å². The smallest absolute Gasteiger partial charge is 0.356 e. The van der Waals surface area contributed by atoms with E-state index in [2.05, 4.69) is 9.97 Å². The van der Waals surface area contributed by atoms with Gasteiger partial charge in [-0.05, 0) is 30.5 Å². The first-order valence-corrected chi connectivity index (χ1v) is 6.29. The second kappa shape index (κ2) is 5.50. The minimum atomic E-state index is -1.11. The topological polar surface area (TPSA) is 72.3 Å².